The summed E-state index contributed by atoms with van der Waals surface area (Å²) < 4.78 is 53.9. The molecule has 8 nitrogen and oxygen atoms in total. The number of pyridine rings is 1. The normalized spacial score (nSPS) is 11.4. The number of amides is 1. The van der Waals surface area contributed by atoms with Gasteiger partial charge in [0.25, 0.3) is 5.91 Å². The van der Waals surface area contributed by atoms with Crippen molar-refractivity contribution in [3.8, 4) is 16.9 Å². The zero-order valence-electron chi connectivity index (χ0n) is 17.9. The molecule has 0 saturated carbocycles. The lowest BCUT2D eigenvalue weighted by molar-refractivity contribution is -0.141. The van der Waals surface area contributed by atoms with Crippen LogP contribution in [0.5, 0.6) is 0 Å². The maximum absolute atomic E-state index is 13.5. The number of hydrogen-bond acceptors (Lipinski definition) is 6. The molecule has 0 aliphatic carbocycles. The number of carbonyl (C=O) groups is 1. The monoisotopic (exact) mass is 505 g/mol. The number of rotatable bonds is 6. The Morgan fingerprint density at radius 2 is 1.94 bits per heavy atom. The fourth-order valence-corrected chi connectivity index (χ4v) is 3.26. The molecule has 2 N–H and O–H groups in total. The first-order chi connectivity index (χ1) is 16.7. The largest absolute Gasteiger partial charge is 0.435 e. The van der Waals surface area contributed by atoms with Gasteiger partial charge < -0.3 is 10.6 Å². The molecule has 0 saturated heterocycles. The van der Waals surface area contributed by atoms with Crippen molar-refractivity contribution in [2.45, 2.75) is 13.1 Å². The summed E-state index contributed by atoms with van der Waals surface area (Å²) in [5.74, 6) is -1.01. The molecule has 0 atom stereocenters. The van der Waals surface area contributed by atoms with Crippen LogP contribution in [0.3, 0.4) is 0 Å². The van der Waals surface area contributed by atoms with Gasteiger partial charge in [0.2, 0.25) is 5.95 Å². The van der Waals surface area contributed by atoms with E-state index in [0.29, 0.717) is 17.8 Å². The third kappa shape index (κ3) is 5.38. The number of benzene rings is 1. The van der Waals surface area contributed by atoms with Crippen molar-refractivity contribution in [1.82, 2.24) is 30.0 Å². The third-order valence-electron chi connectivity index (χ3n) is 4.69. The lowest BCUT2D eigenvalue weighted by Gasteiger charge is -2.12. The van der Waals surface area contributed by atoms with Crippen molar-refractivity contribution in [2.24, 2.45) is 0 Å². The van der Waals surface area contributed by atoms with Gasteiger partial charge in [-0.15, -0.1) is 0 Å². The lowest BCUT2D eigenvalue weighted by atomic mass is 10.1. The van der Waals surface area contributed by atoms with E-state index in [-0.39, 0.29) is 33.8 Å². The number of alkyl halides is 3. The highest BCUT2D eigenvalue weighted by Gasteiger charge is 2.34. The Balaban J connectivity index is 1.80. The van der Waals surface area contributed by atoms with Crippen LogP contribution in [0.25, 0.3) is 16.9 Å². The first-order valence-electron chi connectivity index (χ1n) is 10.1. The number of anilines is 2. The number of nitrogens with one attached hydrogen (secondary N) is 2. The van der Waals surface area contributed by atoms with Gasteiger partial charge >= 0.3 is 6.18 Å². The van der Waals surface area contributed by atoms with Gasteiger partial charge in [0, 0.05) is 48.1 Å². The van der Waals surface area contributed by atoms with E-state index in [9.17, 15) is 22.4 Å². The van der Waals surface area contributed by atoms with E-state index in [1.54, 1.807) is 6.92 Å². The summed E-state index contributed by atoms with van der Waals surface area (Å²) in [7, 11) is 0. The molecule has 0 spiro atoms. The Hall–Kier alpha value is -4.06. The molecule has 0 fully saturated rings. The summed E-state index contributed by atoms with van der Waals surface area (Å²) in [5, 5.41) is 8.94. The Bertz CT molecular complexity index is 1390. The van der Waals surface area contributed by atoms with Crippen LogP contribution in [-0.4, -0.2) is 37.2 Å². The second kappa shape index (κ2) is 9.66. The summed E-state index contributed by atoms with van der Waals surface area (Å²) >= 11 is 5.80. The highest BCUT2D eigenvalue weighted by atomic mass is 35.5. The topological polar surface area (TPSA) is 97.6 Å². The highest BCUT2D eigenvalue weighted by molar-refractivity contribution is 6.31. The van der Waals surface area contributed by atoms with Crippen molar-refractivity contribution in [3.63, 3.8) is 0 Å². The van der Waals surface area contributed by atoms with Gasteiger partial charge in [-0.05, 0) is 37.3 Å². The van der Waals surface area contributed by atoms with E-state index >= 15 is 0 Å². The summed E-state index contributed by atoms with van der Waals surface area (Å²) in [6.07, 6.45) is 0.576. The molecule has 1 aromatic carbocycles. The molecule has 180 valence electrons. The van der Waals surface area contributed by atoms with E-state index in [4.69, 9.17) is 11.6 Å². The predicted molar refractivity (Wildman–Crippen MR) is 120 cm³/mol. The molecule has 13 heteroatoms. The lowest BCUT2D eigenvalue weighted by Crippen LogP contribution is -2.22. The smallest absolute Gasteiger partial charge is 0.352 e. The molecular weight excluding hydrogens is 490 g/mol. The second-order valence-corrected chi connectivity index (χ2v) is 7.56. The Morgan fingerprint density at radius 3 is 2.63 bits per heavy atom. The molecule has 1 amide bonds. The molecule has 0 bridgehead atoms. The molecule has 3 heterocycles. The van der Waals surface area contributed by atoms with Crippen LogP contribution in [-0.2, 0) is 6.18 Å². The van der Waals surface area contributed by atoms with Crippen molar-refractivity contribution in [1.29, 1.82) is 0 Å². The number of carbonyl (C=O) groups excluding carboxylic acids is 1. The minimum absolute atomic E-state index is 0.0108. The fourth-order valence-electron chi connectivity index (χ4n) is 3.08. The molecule has 4 rings (SSSR count). The minimum Gasteiger partial charge on any atom is -0.352 e. The predicted octanol–water partition coefficient (Wildman–Crippen LogP) is 5.03. The van der Waals surface area contributed by atoms with Crippen LogP contribution in [0, 0.1) is 5.82 Å². The SMILES string of the molecule is CCNC(=O)c1cncc(-c2cnc(Nc3ccc(F)c(Cl)c3)nc2-n2ccc(C(F)(F)F)n2)c1. The zero-order valence-corrected chi connectivity index (χ0v) is 18.7. The number of aromatic nitrogens is 5. The average Bonchev–Trinajstić information content (AvgIpc) is 3.33. The van der Waals surface area contributed by atoms with E-state index < -0.39 is 17.7 Å². The van der Waals surface area contributed by atoms with Gasteiger partial charge in [0.15, 0.2) is 11.5 Å². The van der Waals surface area contributed by atoms with E-state index in [2.05, 4.69) is 30.7 Å². The molecule has 0 radical (unpaired) electrons. The van der Waals surface area contributed by atoms with Gasteiger partial charge in [0.1, 0.15) is 5.82 Å². The Morgan fingerprint density at radius 1 is 1.14 bits per heavy atom. The number of hydrogen-bond donors (Lipinski definition) is 2. The first-order valence-corrected chi connectivity index (χ1v) is 10.5. The summed E-state index contributed by atoms with van der Waals surface area (Å²) in [6.45, 7) is 2.16. The molecule has 0 aliphatic heterocycles. The van der Waals surface area contributed by atoms with Crippen LogP contribution >= 0.6 is 11.6 Å². The van der Waals surface area contributed by atoms with Crippen LogP contribution in [0.4, 0.5) is 29.2 Å². The van der Waals surface area contributed by atoms with Crippen molar-refractivity contribution in [2.75, 3.05) is 11.9 Å². The van der Waals surface area contributed by atoms with E-state index in [0.717, 1.165) is 23.0 Å². The van der Waals surface area contributed by atoms with E-state index in [1.165, 1.54) is 36.8 Å². The second-order valence-electron chi connectivity index (χ2n) is 7.15. The maximum Gasteiger partial charge on any atom is 0.435 e. The molecular formula is C22H16ClF4N7O. The molecule has 3 aromatic heterocycles. The molecule has 0 aliphatic rings. The summed E-state index contributed by atoms with van der Waals surface area (Å²) in [6, 6.07) is 6.17. The van der Waals surface area contributed by atoms with Gasteiger partial charge in [-0.25, -0.2) is 14.1 Å². The van der Waals surface area contributed by atoms with Gasteiger partial charge in [-0.3, -0.25) is 9.78 Å². The Labute approximate surface area is 201 Å². The standard InChI is InChI=1S/C22H16ClF4N7O/c1-2-29-20(35)13-7-12(9-28-10-13)15-11-30-21(31-14-3-4-17(24)16(23)8-14)32-19(15)34-6-5-18(33-34)22(25,26)27/h3-11H,2H2,1H3,(H,29,35)(H,30,31,32). The third-order valence-corrected chi connectivity index (χ3v) is 4.98. The quantitative estimate of drug-likeness (QED) is 0.357. The zero-order chi connectivity index (χ0) is 25.2. The van der Waals surface area contributed by atoms with E-state index in [1.807, 2.05) is 0 Å². The molecule has 4 aromatic rings. The van der Waals surface area contributed by atoms with Crippen LogP contribution in [0.2, 0.25) is 5.02 Å². The fraction of sp³-hybridized carbons (Fsp3) is 0.136. The highest BCUT2D eigenvalue weighted by Crippen LogP contribution is 2.31. The van der Waals surface area contributed by atoms with Crippen molar-refractivity contribution < 1.29 is 22.4 Å². The van der Waals surface area contributed by atoms with Gasteiger partial charge in [0.05, 0.1) is 10.6 Å². The molecule has 35 heavy (non-hydrogen) atoms. The first kappa shape index (κ1) is 24.1. The van der Waals surface area contributed by atoms with Gasteiger partial charge in [-0.2, -0.15) is 23.3 Å². The molecule has 0 unspecified atom stereocenters. The Kier molecular flexibility index (Phi) is 6.65. The maximum atomic E-state index is 13.5. The van der Waals surface area contributed by atoms with Gasteiger partial charge in [-0.1, -0.05) is 11.6 Å². The van der Waals surface area contributed by atoms with Crippen LogP contribution < -0.4 is 10.6 Å². The summed E-state index contributed by atoms with van der Waals surface area (Å²) in [4.78, 5) is 24.8. The summed E-state index contributed by atoms with van der Waals surface area (Å²) in [5.41, 5.74) is 0.129. The minimum atomic E-state index is -4.66. The van der Waals surface area contributed by atoms with Crippen molar-refractivity contribution in [3.05, 3.63) is 77.2 Å². The van der Waals surface area contributed by atoms with Crippen LogP contribution in [0.15, 0.2) is 55.1 Å². The number of halogens is 5. The van der Waals surface area contributed by atoms with Crippen molar-refractivity contribution >= 4 is 29.1 Å². The average molecular weight is 506 g/mol. The number of nitrogens with zero attached hydrogens (tertiary/aromatic N) is 5. The van der Waals surface area contributed by atoms with Crippen LogP contribution in [0.1, 0.15) is 23.0 Å².